The highest BCUT2D eigenvalue weighted by Gasteiger charge is 2.31. The van der Waals surface area contributed by atoms with Crippen LogP contribution in [-0.2, 0) is 16.0 Å². The topological polar surface area (TPSA) is 61.9 Å². The van der Waals surface area contributed by atoms with Crippen molar-refractivity contribution in [3.63, 3.8) is 0 Å². The van der Waals surface area contributed by atoms with E-state index in [1.54, 1.807) is 7.11 Å². The number of benzene rings is 1. The molecular weight excluding hydrogens is 354 g/mol. The van der Waals surface area contributed by atoms with Gasteiger partial charge in [-0.15, -0.1) is 12.4 Å². The first kappa shape index (κ1) is 20.5. The number of amides is 2. The van der Waals surface area contributed by atoms with Crippen LogP contribution in [0.15, 0.2) is 24.3 Å². The van der Waals surface area contributed by atoms with Crippen molar-refractivity contribution in [3.8, 4) is 5.75 Å². The third kappa shape index (κ3) is 5.11. The van der Waals surface area contributed by atoms with E-state index in [4.69, 9.17) is 4.74 Å². The maximum absolute atomic E-state index is 12.6. The molecule has 2 fully saturated rings. The van der Waals surface area contributed by atoms with E-state index in [2.05, 4.69) is 5.32 Å². The smallest absolute Gasteiger partial charge is 0.236 e. The van der Waals surface area contributed by atoms with E-state index in [9.17, 15) is 9.59 Å². The van der Waals surface area contributed by atoms with Gasteiger partial charge in [0.05, 0.1) is 13.7 Å². The van der Waals surface area contributed by atoms with Crippen LogP contribution in [0.5, 0.6) is 5.75 Å². The fraction of sp³-hybridized carbons (Fsp3) is 0.579. The summed E-state index contributed by atoms with van der Waals surface area (Å²) in [6, 6.07) is 8.03. The SMILES string of the molecule is COc1ccc(CCC(=O)N2CCCC(N3CCNCC3=O)C2)cc1.Cl. The molecule has 0 bridgehead atoms. The van der Waals surface area contributed by atoms with E-state index < -0.39 is 0 Å². The Morgan fingerprint density at radius 3 is 2.73 bits per heavy atom. The normalized spacial score (nSPS) is 20.5. The van der Waals surface area contributed by atoms with Gasteiger partial charge in [-0.25, -0.2) is 0 Å². The van der Waals surface area contributed by atoms with Crippen molar-refractivity contribution < 1.29 is 14.3 Å². The minimum Gasteiger partial charge on any atom is -0.497 e. The summed E-state index contributed by atoms with van der Waals surface area (Å²) in [6.45, 7) is 3.48. The summed E-state index contributed by atoms with van der Waals surface area (Å²) in [5.74, 6) is 1.17. The number of hydrogen-bond donors (Lipinski definition) is 1. The quantitative estimate of drug-likeness (QED) is 0.839. The van der Waals surface area contributed by atoms with Gasteiger partial charge in [-0.05, 0) is 37.0 Å². The number of nitrogens with one attached hydrogen (secondary N) is 1. The van der Waals surface area contributed by atoms with Crippen molar-refractivity contribution in [1.29, 1.82) is 0 Å². The average molecular weight is 382 g/mol. The number of aryl methyl sites for hydroxylation is 1. The Balaban J connectivity index is 0.00000243. The molecule has 6 nitrogen and oxygen atoms in total. The molecule has 2 aliphatic heterocycles. The number of carbonyl (C=O) groups is 2. The molecular formula is C19H28ClN3O3. The lowest BCUT2D eigenvalue weighted by Gasteiger charge is -2.41. The van der Waals surface area contributed by atoms with Crippen molar-refractivity contribution in [1.82, 2.24) is 15.1 Å². The fourth-order valence-corrected chi connectivity index (χ4v) is 3.64. The maximum atomic E-state index is 12.6. The van der Waals surface area contributed by atoms with Crippen LogP contribution in [0.25, 0.3) is 0 Å². The molecule has 0 radical (unpaired) electrons. The number of halogens is 1. The number of nitrogens with zero attached hydrogens (tertiary/aromatic N) is 2. The molecule has 0 spiro atoms. The lowest BCUT2D eigenvalue weighted by Crippen LogP contribution is -2.57. The van der Waals surface area contributed by atoms with Gasteiger partial charge in [0.2, 0.25) is 11.8 Å². The lowest BCUT2D eigenvalue weighted by atomic mass is 10.0. The number of likely N-dealkylation sites (tertiary alicyclic amines) is 1. The van der Waals surface area contributed by atoms with Crippen molar-refractivity contribution in [2.45, 2.75) is 31.7 Å². The van der Waals surface area contributed by atoms with Crippen LogP contribution < -0.4 is 10.1 Å². The van der Waals surface area contributed by atoms with Crippen LogP contribution in [0.2, 0.25) is 0 Å². The molecule has 0 saturated carbocycles. The molecule has 0 aromatic heterocycles. The summed E-state index contributed by atoms with van der Waals surface area (Å²) in [4.78, 5) is 28.6. The highest BCUT2D eigenvalue weighted by Crippen LogP contribution is 2.19. The van der Waals surface area contributed by atoms with Gasteiger partial charge in [0.1, 0.15) is 5.75 Å². The van der Waals surface area contributed by atoms with E-state index in [1.807, 2.05) is 34.1 Å². The summed E-state index contributed by atoms with van der Waals surface area (Å²) in [5, 5.41) is 3.10. The molecule has 1 aromatic carbocycles. The summed E-state index contributed by atoms with van der Waals surface area (Å²) < 4.78 is 5.16. The van der Waals surface area contributed by atoms with Crippen LogP contribution in [-0.4, -0.2) is 67.5 Å². The molecule has 1 aromatic rings. The monoisotopic (exact) mass is 381 g/mol. The number of piperazine rings is 1. The summed E-state index contributed by atoms with van der Waals surface area (Å²) in [7, 11) is 1.65. The van der Waals surface area contributed by atoms with Crippen LogP contribution in [0.1, 0.15) is 24.8 Å². The van der Waals surface area contributed by atoms with Crippen LogP contribution in [0.3, 0.4) is 0 Å². The van der Waals surface area contributed by atoms with Gasteiger partial charge in [0.25, 0.3) is 0 Å². The Bertz CT molecular complexity index is 609. The first-order valence-electron chi connectivity index (χ1n) is 9.08. The largest absolute Gasteiger partial charge is 0.497 e. The molecule has 2 amide bonds. The molecule has 7 heteroatoms. The molecule has 1 unspecified atom stereocenters. The van der Waals surface area contributed by atoms with E-state index in [0.29, 0.717) is 19.5 Å². The minimum atomic E-state index is 0. The second-order valence-corrected chi connectivity index (χ2v) is 6.75. The minimum absolute atomic E-state index is 0. The van der Waals surface area contributed by atoms with E-state index >= 15 is 0 Å². The Morgan fingerprint density at radius 1 is 1.27 bits per heavy atom. The summed E-state index contributed by atoms with van der Waals surface area (Å²) in [6.07, 6.45) is 3.20. The zero-order valence-electron chi connectivity index (χ0n) is 15.3. The molecule has 2 aliphatic rings. The number of rotatable bonds is 5. The first-order chi connectivity index (χ1) is 12.2. The zero-order valence-corrected chi connectivity index (χ0v) is 16.1. The van der Waals surface area contributed by atoms with E-state index in [1.165, 1.54) is 0 Å². The molecule has 0 aliphatic carbocycles. The number of methoxy groups -OCH3 is 1. The van der Waals surface area contributed by atoms with Gasteiger partial charge in [-0.2, -0.15) is 0 Å². The van der Waals surface area contributed by atoms with Gasteiger partial charge in [0, 0.05) is 38.6 Å². The molecule has 144 valence electrons. The van der Waals surface area contributed by atoms with Gasteiger partial charge in [-0.3, -0.25) is 9.59 Å². The second kappa shape index (κ2) is 9.78. The lowest BCUT2D eigenvalue weighted by molar-refractivity contribution is -0.140. The number of piperidine rings is 1. The van der Waals surface area contributed by atoms with Gasteiger partial charge >= 0.3 is 0 Å². The fourth-order valence-electron chi connectivity index (χ4n) is 3.64. The summed E-state index contributed by atoms with van der Waals surface area (Å²) >= 11 is 0. The van der Waals surface area contributed by atoms with Crippen molar-refractivity contribution in [2.75, 3.05) is 39.8 Å². The third-order valence-corrected chi connectivity index (χ3v) is 5.10. The Labute approximate surface area is 161 Å². The van der Waals surface area contributed by atoms with Gasteiger partial charge in [-0.1, -0.05) is 12.1 Å². The highest BCUT2D eigenvalue weighted by molar-refractivity contribution is 5.85. The van der Waals surface area contributed by atoms with Crippen molar-refractivity contribution >= 4 is 24.2 Å². The van der Waals surface area contributed by atoms with E-state index in [0.717, 1.165) is 50.2 Å². The van der Waals surface area contributed by atoms with Crippen LogP contribution in [0.4, 0.5) is 0 Å². The van der Waals surface area contributed by atoms with Gasteiger partial charge in [0.15, 0.2) is 0 Å². The van der Waals surface area contributed by atoms with Crippen molar-refractivity contribution in [2.24, 2.45) is 0 Å². The maximum Gasteiger partial charge on any atom is 0.236 e. The Morgan fingerprint density at radius 2 is 2.04 bits per heavy atom. The molecule has 2 saturated heterocycles. The molecule has 26 heavy (non-hydrogen) atoms. The predicted octanol–water partition coefficient (Wildman–Crippen LogP) is 1.47. The second-order valence-electron chi connectivity index (χ2n) is 6.75. The van der Waals surface area contributed by atoms with E-state index in [-0.39, 0.29) is 30.3 Å². The summed E-state index contributed by atoms with van der Waals surface area (Å²) in [5.41, 5.74) is 1.14. The Hall–Kier alpha value is -1.79. The Kier molecular flexibility index (Phi) is 7.72. The molecule has 2 heterocycles. The standard InChI is InChI=1S/C19H27N3O3.ClH/c1-25-17-7-4-15(5-8-17)6-9-18(23)21-11-2-3-16(14-21)22-12-10-20-13-19(22)24;/h4-5,7-8,16,20H,2-3,6,9-14H2,1H3;1H. The van der Waals surface area contributed by atoms with Crippen molar-refractivity contribution in [3.05, 3.63) is 29.8 Å². The predicted molar refractivity (Wildman–Crippen MR) is 103 cm³/mol. The molecule has 3 rings (SSSR count). The average Bonchev–Trinajstić information content (AvgIpc) is 2.67. The third-order valence-electron chi connectivity index (χ3n) is 5.10. The zero-order chi connectivity index (χ0) is 17.6. The van der Waals surface area contributed by atoms with Crippen LogP contribution >= 0.6 is 12.4 Å². The number of hydrogen-bond acceptors (Lipinski definition) is 4. The number of ether oxygens (including phenoxy) is 1. The molecule has 1 atom stereocenters. The first-order valence-corrected chi connectivity index (χ1v) is 9.08. The molecule has 1 N–H and O–H groups in total. The van der Waals surface area contributed by atoms with Crippen LogP contribution in [0, 0.1) is 0 Å². The number of carbonyl (C=O) groups excluding carboxylic acids is 2. The van der Waals surface area contributed by atoms with Gasteiger partial charge < -0.3 is 19.9 Å². The highest BCUT2D eigenvalue weighted by atomic mass is 35.5.